The van der Waals surface area contributed by atoms with E-state index in [0.717, 1.165) is 30.7 Å². The van der Waals surface area contributed by atoms with Crippen molar-refractivity contribution in [2.24, 2.45) is 5.92 Å². The number of halogens is 3. The van der Waals surface area contributed by atoms with Gasteiger partial charge in [-0.2, -0.15) is 0 Å². The molecule has 0 saturated carbocycles. The van der Waals surface area contributed by atoms with E-state index in [9.17, 15) is 12.8 Å². The number of benzene rings is 2. The second kappa shape index (κ2) is 8.45. The molecular formula is C24H21BrF2N2O3S. The van der Waals surface area contributed by atoms with Crippen molar-refractivity contribution in [3.05, 3.63) is 70.3 Å². The predicted molar refractivity (Wildman–Crippen MR) is 126 cm³/mol. The predicted octanol–water partition coefficient (Wildman–Crippen LogP) is 5.65. The second-order valence-corrected chi connectivity index (χ2v) is 11.3. The molecule has 0 aliphatic carbocycles. The van der Waals surface area contributed by atoms with Gasteiger partial charge in [0.1, 0.15) is 11.6 Å². The average molecular weight is 535 g/mol. The van der Waals surface area contributed by atoms with Crippen molar-refractivity contribution in [1.29, 1.82) is 0 Å². The number of pyridine rings is 1. The lowest BCUT2D eigenvalue weighted by Crippen LogP contribution is -2.27. The molecule has 1 saturated heterocycles. The maximum absolute atomic E-state index is 15.4. The van der Waals surface area contributed by atoms with Gasteiger partial charge in [-0.3, -0.25) is 4.98 Å². The molecule has 2 aromatic heterocycles. The number of hydrogen-bond donors (Lipinski definition) is 0. The van der Waals surface area contributed by atoms with Crippen LogP contribution in [0.1, 0.15) is 24.4 Å². The molecule has 0 amide bonds. The minimum absolute atomic E-state index is 0.0968. The Balaban J connectivity index is 1.90. The van der Waals surface area contributed by atoms with E-state index in [-0.39, 0.29) is 28.1 Å². The van der Waals surface area contributed by atoms with E-state index in [1.807, 2.05) is 10.6 Å². The van der Waals surface area contributed by atoms with Gasteiger partial charge in [0, 0.05) is 30.1 Å². The summed E-state index contributed by atoms with van der Waals surface area (Å²) in [5, 5.41) is 0.268. The van der Waals surface area contributed by atoms with Crippen LogP contribution in [0.2, 0.25) is 0 Å². The Hall–Kier alpha value is -2.36. The lowest BCUT2D eigenvalue weighted by atomic mass is 9.86. The number of hydrogen-bond acceptors (Lipinski definition) is 4. The molecule has 5 rings (SSSR count). The number of sulfone groups is 1. The van der Waals surface area contributed by atoms with Crippen LogP contribution in [0.15, 0.2) is 58.0 Å². The molecule has 0 N–H and O–H groups in total. The Morgan fingerprint density at radius 3 is 2.45 bits per heavy atom. The minimum atomic E-state index is -3.65. The fourth-order valence-electron chi connectivity index (χ4n) is 4.76. The molecule has 5 nitrogen and oxygen atoms in total. The Morgan fingerprint density at radius 2 is 1.79 bits per heavy atom. The molecule has 33 heavy (non-hydrogen) atoms. The molecule has 4 aromatic rings. The highest BCUT2D eigenvalue weighted by Gasteiger charge is 2.31. The molecule has 2 aromatic carbocycles. The Kier molecular flexibility index (Phi) is 5.74. The van der Waals surface area contributed by atoms with Gasteiger partial charge in [0.05, 0.1) is 32.9 Å². The fraction of sp³-hybridized carbons (Fsp3) is 0.292. The van der Waals surface area contributed by atoms with E-state index in [4.69, 9.17) is 4.74 Å². The SMILES string of the molecule is CS(=O)(=O)c1cc(F)c2c3ncc(Br)cc3n([C@H](c3ccc(F)cc3)C3CCOCC3)c2c1. The third kappa shape index (κ3) is 4.06. The van der Waals surface area contributed by atoms with Gasteiger partial charge in [0.25, 0.3) is 0 Å². The van der Waals surface area contributed by atoms with Crippen molar-refractivity contribution >= 4 is 47.7 Å². The third-order valence-electron chi connectivity index (χ3n) is 6.26. The molecule has 9 heteroatoms. The normalized spacial score (nSPS) is 16.5. The van der Waals surface area contributed by atoms with Crippen molar-refractivity contribution in [1.82, 2.24) is 9.55 Å². The summed E-state index contributed by atoms with van der Waals surface area (Å²) in [6.07, 6.45) is 4.18. The summed E-state index contributed by atoms with van der Waals surface area (Å²) in [7, 11) is -3.65. The molecule has 1 atom stereocenters. The molecular weight excluding hydrogens is 514 g/mol. The molecule has 1 aliphatic heterocycles. The van der Waals surface area contributed by atoms with E-state index < -0.39 is 15.7 Å². The first-order valence-corrected chi connectivity index (χ1v) is 13.2. The molecule has 1 fully saturated rings. The number of nitrogens with zero attached hydrogens (tertiary/aromatic N) is 2. The molecule has 0 radical (unpaired) electrons. The van der Waals surface area contributed by atoms with E-state index in [2.05, 4.69) is 20.9 Å². The standard InChI is InChI=1S/C24H21BrF2N2O3S/c1-33(30,31)18-11-19(27)22-20(12-18)29(21-10-16(25)13-28-23(21)22)24(15-6-8-32-9-7-15)14-2-4-17(26)5-3-14/h2-5,10-13,15,24H,6-9H2,1H3/t24-/m1/s1. The van der Waals surface area contributed by atoms with Gasteiger partial charge in [0.15, 0.2) is 9.84 Å². The van der Waals surface area contributed by atoms with Crippen LogP contribution in [-0.4, -0.2) is 37.4 Å². The summed E-state index contributed by atoms with van der Waals surface area (Å²) in [5.41, 5.74) is 2.42. The first-order valence-electron chi connectivity index (χ1n) is 10.6. The maximum Gasteiger partial charge on any atom is 0.175 e. The highest BCUT2D eigenvalue weighted by atomic mass is 79.9. The van der Waals surface area contributed by atoms with Crippen LogP contribution in [0.25, 0.3) is 21.9 Å². The molecule has 1 aliphatic rings. The van der Waals surface area contributed by atoms with E-state index >= 15 is 4.39 Å². The summed E-state index contributed by atoms with van der Waals surface area (Å²) in [6.45, 7) is 1.18. The Labute approximate surface area is 198 Å². The van der Waals surface area contributed by atoms with Crippen molar-refractivity contribution in [2.75, 3.05) is 19.5 Å². The summed E-state index contributed by atoms with van der Waals surface area (Å²) >= 11 is 3.46. The van der Waals surface area contributed by atoms with E-state index in [1.165, 1.54) is 18.2 Å². The fourth-order valence-corrected chi connectivity index (χ4v) is 5.73. The molecule has 3 heterocycles. The monoisotopic (exact) mass is 534 g/mol. The van der Waals surface area contributed by atoms with Gasteiger partial charge in [-0.25, -0.2) is 17.2 Å². The number of ether oxygens (including phenoxy) is 1. The van der Waals surface area contributed by atoms with Crippen molar-refractivity contribution in [2.45, 2.75) is 23.8 Å². The zero-order chi connectivity index (χ0) is 23.3. The van der Waals surface area contributed by atoms with Crippen LogP contribution in [0.4, 0.5) is 8.78 Å². The second-order valence-electron chi connectivity index (χ2n) is 8.41. The van der Waals surface area contributed by atoms with Crippen molar-refractivity contribution in [3.8, 4) is 0 Å². The molecule has 0 bridgehead atoms. The number of rotatable bonds is 4. The van der Waals surface area contributed by atoms with Gasteiger partial charge < -0.3 is 9.30 Å². The van der Waals surface area contributed by atoms with Gasteiger partial charge in [-0.1, -0.05) is 12.1 Å². The Bertz CT molecular complexity index is 1460. The number of aromatic nitrogens is 2. The maximum atomic E-state index is 15.4. The van der Waals surface area contributed by atoms with E-state index in [0.29, 0.717) is 34.2 Å². The topological polar surface area (TPSA) is 61.2 Å². The van der Waals surface area contributed by atoms with Gasteiger partial charge in [0.2, 0.25) is 0 Å². The summed E-state index contributed by atoms with van der Waals surface area (Å²) < 4.78 is 62.1. The smallest absolute Gasteiger partial charge is 0.175 e. The van der Waals surface area contributed by atoms with Crippen LogP contribution in [-0.2, 0) is 14.6 Å². The lowest BCUT2D eigenvalue weighted by Gasteiger charge is -2.33. The van der Waals surface area contributed by atoms with Crippen LogP contribution in [0.5, 0.6) is 0 Å². The van der Waals surface area contributed by atoms with Gasteiger partial charge >= 0.3 is 0 Å². The zero-order valence-corrected chi connectivity index (χ0v) is 20.2. The molecule has 0 spiro atoms. The van der Waals surface area contributed by atoms with Crippen LogP contribution in [0, 0.1) is 17.6 Å². The molecule has 0 unspecified atom stereocenters. The number of fused-ring (bicyclic) bond motifs is 3. The summed E-state index contributed by atoms with van der Waals surface area (Å²) in [6, 6.07) is 10.4. The largest absolute Gasteiger partial charge is 0.381 e. The van der Waals surface area contributed by atoms with Crippen LogP contribution < -0.4 is 0 Å². The van der Waals surface area contributed by atoms with Crippen LogP contribution in [0.3, 0.4) is 0 Å². The highest BCUT2D eigenvalue weighted by molar-refractivity contribution is 9.10. The zero-order valence-electron chi connectivity index (χ0n) is 17.8. The van der Waals surface area contributed by atoms with E-state index in [1.54, 1.807) is 18.3 Å². The molecule has 172 valence electrons. The third-order valence-corrected chi connectivity index (χ3v) is 7.79. The minimum Gasteiger partial charge on any atom is -0.381 e. The average Bonchev–Trinajstić information content (AvgIpc) is 3.09. The summed E-state index contributed by atoms with van der Waals surface area (Å²) in [4.78, 5) is 4.38. The quantitative estimate of drug-likeness (QED) is 0.339. The van der Waals surface area contributed by atoms with Gasteiger partial charge in [-0.05, 0) is 70.6 Å². The van der Waals surface area contributed by atoms with Gasteiger partial charge in [-0.15, -0.1) is 0 Å². The first-order chi connectivity index (χ1) is 15.7. The lowest BCUT2D eigenvalue weighted by molar-refractivity contribution is 0.0552. The highest BCUT2D eigenvalue weighted by Crippen LogP contribution is 2.42. The summed E-state index contributed by atoms with van der Waals surface area (Å²) in [5.74, 6) is -0.871. The van der Waals surface area contributed by atoms with Crippen molar-refractivity contribution < 1.29 is 21.9 Å². The Morgan fingerprint density at radius 1 is 1.09 bits per heavy atom. The first kappa shape index (κ1) is 22.4. The van der Waals surface area contributed by atoms with Crippen molar-refractivity contribution in [3.63, 3.8) is 0 Å². The van der Waals surface area contributed by atoms with Crippen LogP contribution >= 0.6 is 15.9 Å².